The van der Waals surface area contributed by atoms with Crippen LogP contribution in [0, 0.1) is 0 Å². The maximum absolute atomic E-state index is 10.6. The number of carbonyl (C=O) groups excluding carboxylic acids is 1. The summed E-state index contributed by atoms with van der Waals surface area (Å²) in [4.78, 5) is 23.0. The third-order valence-corrected chi connectivity index (χ3v) is 2.22. The number of amides is 1. The molecular weight excluding hydrogens is 172 g/mol. The molecule has 0 aliphatic carbocycles. The van der Waals surface area contributed by atoms with Crippen LogP contribution in [0.25, 0.3) is 0 Å². The van der Waals surface area contributed by atoms with E-state index in [0.29, 0.717) is 13.1 Å². The maximum Gasteiger partial charge on any atom is 0.320 e. The lowest BCUT2D eigenvalue weighted by atomic mass is 10.1. The van der Waals surface area contributed by atoms with Crippen LogP contribution in [-0.2, 0) is 9.59 Å². The second-order valence-corrected chi connectivity index (χ2v) is 3.37. The van der Waals surface area contributed by atoms with Crippen LogP contribution in [0.4, 0.5) is 0 Å². The first-order valence-electron chi connectivity index (χ1n) is 4.24. The summed E-state index contributed by atoms with van der Waals surface area (Å²) < 4.78 is 0. The monoisotopic (exact) mass is 186 g/mol. The third kappa shape index (κ3) is 2.42. The molecule has 5 nitrogen and oxygen atoms in total. The number of carbonyl (C=O) groups is 2. The number of carboxylic acid groups (broad SMARTS) is 1. The van der Waals surface area contributed by atoms with Crippen molar-refractivity contribution in [1.82, 2.24) is 10.2 Å². The van der Waals surface area contributed by atoms with E-state index in [4.69, 9.17) is 5.11 Å². The summed E-state index contributed by atoms with van der Waals surface area (Å²) in [6.07, 6.45) is 0. The standard InChI is InChI=1S/C8H14N2O3/c1-5(8(12)13)10-3-7(4-10)9-6(2)11/h5,7H,3-4H2,1-2H3,(H,9,11)(H,12,13). The minimum atomic E-state index is -0.818. The Morgan fingerprint density at radius 3 is 2.46 bits per heavy atom. The quantitative estimate of drug-likeness (QED) is 0.610. The van der Waals surface area contributed by atoms with Gasteiger partial charge < -0.3 is 10.4 Å². The van der Waals surface area contributed by atoms with E-state index in [9.17, 15) is 9.59 Å². The van der Waals surface area contributed by atoms with Crippen molar-refractivity contribution in [2.75, 3.05) is 13.1 Å². The number of rotatable bonds is 3. The average Bonchev–Trinajstić information content (AvgIpc) is 1.94. The van der Waals surface area contributed by atoms with Gasteiger partial charge in [0.15, 0.2) is 0 Å². The van der Waals surface area contributed by atoms with Crippen molar-refractivity contribution in [2.24, 2.45) is 0 Å². The van der Waals surface area contributed by atoms with Gasteiger partial charge >= 0.3 is 5.97 Å². The molecule has 0 spiro atoms. The highest BCUT2D eigenvalue weighted by Gasteiger charge is 2.33. The van der Waals surface area contributed by atoms with Crippen molar-refractivity contribution in [3.63, 3.8) is 0 Å². The lowest BCUT2D eigenvalue weighted by Crippen LogP contribution is -2.62. The van der Waals surface area contributed by atoms with Crippen LogP contribution in [0.15, 0.2) is 0 Å². The van der Waals surface area contributed by atoms with Crippen molar-refractivity contribution < 1.29 is 14.7 Å². The van der Waals surface area contributed by atoms with Crippen molar-refractivity contribution in [2.45, 2.75) is 25.9 Å². The molecule has 5 heteroatoms. The Bertz CT molecular complexity index is 223. The first-order valence-corrected chi connectivity index (χ1v) is 4.24. The fraction of sp³-hybridized carbons (Fsp3) is 0.750. The molecule has 74 valence electrons. The van der Waals surface area contributed by atoms with Crippen LogP contribution >= 0.6 is 0 Å². The van der Waals surface area contributed by atoms with E-state index in [0.717, 1.165) is 0 Å². The number of hydrogen-bond donors (Lipinski definition) is 2. The van der Waals surface area contributed by atoms with E-state index in [1.54, 1.807) is 6.92 Å². The largest absolute Gasteiger partial charge is 0.480 e. The molecule has 1 aliphatic rings. The normalized spacial score (nSPS) is 20.5. The molecule has 0 aromatic heterocycles. The number of hydrogen-bond acceptors (Lipinski definition) is 3. The van der Waals surface area contributed by atoms with Gasteiger partial charge in [-0.2, -0.15) is 0 Å². The molecule has 2 N–H and O–H groups in total. The van der Waals surface area contributed by atoms with Crippen LogP contribution in [-0.4, -0.2) is 47.1 Å². The summed E-state index contributed by atoms with van der Waals surface area (Å²) in [5, 5.41) is 11.4. The van der Waals surface area contributed by atoms with E-state index in [-0.39, 0.29) is 11.9 Å². The molecule has 1 heterocycles. The molecule has 0 radical (unpaired) electrons. The molecule has 1 unspecified atom stereocenters. The summed E-state index contributed by atoms with van der Waals surface area (Å²) in [5.74, 6) is -0.881. The molecule has 0 saturated carbocycles. The lowest BCUT2D eigenvalue weighted by Gasteiger charge is -2.41. The molecule has 0 aromatic carbocycles. The van der Waals surface area contributed by atoms with Crippen molar-refractivity contribution in [3.8, 4) is 0 Å². The van der Waals surface area contributed by atoms with Gasteiger partial charge in [0.2, 0.25) is 5.91 Å². The molecule has 1 atom stereocenters. The molecule has 0 aromatic rings. The van der Waals surface area contributed by atoms with E-state index < -0.39 is 12.0 Å². The van der Waals surface area contributed by atoms with Crippen LogP contribution in [0.3, 0.4) is 0 Å². The van der Waals surface area contributed by atoms with Crippen LogP contribution < -0.4 is 5.32 Å². The molecule has 1 fully saturated rings. The van der Waals surface area contributed by atoms with Gasteiger partial charge in [0.25, 0.3) is 0 Å². The zero-order valence-corrected chi connectivity index (χ0v) is 7.78. The molecule has 1 rings (SSSR count). The lowest BCUT2D eigenvalue weighted by molar-refractivity contribution is -0.144. The predicted molar refractivity (Wildman–Crippen MR) is 46.3 cm³/mol. The maximum atomic E-state index is 10.6. The summed E-state index contributed by atoms with van der Waals surface area (Å²) in [6, 6.07) is -0.329. The number of aliphatic carboxylic acids is 1. The van der Waals surface area contributed by atoms with Crippen LogP contribution in [0.5, 0.6) is 0 Å². The minimum absolute atomic E-state index is 0.0624. The molecule has 1 saturated heterocycles. The smallest absolute Gasteiger partial charge is 0.320 e. The number of nitrogens with zero attached hydrogens (tertiary/aromatic N) is 1. The number of likely N-dealkylation sites (tertiary alicyclic amines) is 1. The van der Waals surface area contributed by atoms with Gasteiger partial charge in [-0.1, -0.05) is 0 Å². The average molecular weight is 186 g/mol. The SMILES string of the molecule is CC(=O)NC1CN(C(C)C(=O)O)C1. The first-order chi connectivity index (χ1) is 6.00. The fourth-order valence-corrected chi connectivity index (χ4v) is 1.36. The van der Waals surface area contributed by atoms with Gasteiger partial charge in [-0.05, 0) is 6.92 Å². The summed E-state index contributed by atoms with van der Waals surface area (Å²) >= 11 is 0. The number of carboxylic acids is 1. The molecule has 1 amide bonds. The Labute approximate surface area is 76.7 Å². The molecule has 1 aliphatic heterocycles. The van der Waals surface area contributed by atoms with Gasteiger partial charge in [0.1, 0.15) is 6.04 Å². The highest BCUT2D eigenvalue weighted by molar-refractivity contribution is 5.74. The van der Waals surface area contributed by atoms with Crippen molar-refractivity contribution in [1.29, 1.82) is 0 Å². The summed E-state index contributed by atoms with van der Waals surface area (Å²) in [5.41, 5.74) is 0. The van der Waals surface area contributed by atoms with Gasteiger partial charge in [-0.15, -0.1) is 0 Å². The Morgan fingerprint density at radius 1 is 1.54 bits per heavy atom. The second kappa shape index (κ2) is 3.74. The van der Waals surface area contributed by atoms with Gasteiger partial charge in [-0.25, -0.2) is 0 Å². The topological polar surface area (TPSA) is 69.6 Å². The Morgan fingerprint density at radius 2 is 2.08 bits per heavy atom. The van der Waals surface area contributed by atoms with Crippen LogP contribution in [0.2, 0.25) is 0 Å². The zero-order valence-electron chi connectivity index (χ0n) is 7.78. The summed E-state index contributed by atoms with van der Waals surface area (Å²) in [6.45, 7) is 4.37. The van der Waals surface area contributed by atoms with Crippen molar-refractivity contribution >= 4 is 11.9 Å². The first kappa shape index (κ1) is 9.98. The highest BCUT2D eigenvalue weighted by Crippen LogP contribution is 2.11. The van der Waals surface area contributed by atoms with Gasteiger partial charge in [0, 0.05) is 20.0 Å². The molecular formula is C8H14N2O3. The van der Waals surface area contributed by atoms with E-state index in [1.807, 2.05) is 4.90 Å². The van der Waals surface area contributed by atoms with Crippen molar-refractivity contribution in [3.05, 3.63) is 0 Å². The van der Waals surface area contributed by atoms with E-state index in [2.05, 4.69) is 5.32 Å². The minimum Gasteiger partial charge on any atom is -0.480 e. The van der Waals surface area contributed by atoms with Gasteiger partial charge in [-0.3, -0.25) is 14.5 Å². The molecule has 13 heavy (non-hydrogen) atoms. The second-order valence-electron chi connectivity index (χ2n) is 3.37. The highest BCUT2D eigenvalue weighted by atomic mass is 16.4. The zero-order chi connectivity index (χ0) is 10.0. The Hall–Kier alpha value is -1.10. The third-order valence-electron chi connectivity index (χ3n) is 2.22. The Balaban J connectivity index is 2.25. The summed E-state index contributed by atoms with van der Waals surface area (Å²) in [7, 11) is 0. The Kier molecular flexibility index (Phi) is 2.87. The van der Waals surface area contributed by atoms with Gasteiger partial charge in [0.05, 0.1) is 6.04 Å². The fourth-order valence-electron chi connectivity index (χ4n) is 1.36. The predicted octanol–water partition coefficient (Wildman–Crippen LogP) is -0.720. The van der Waals surface area contributed by atoms with E-state index in [1.165, 1.54) is 6.92 Å². The molecule has 0 bridgehead atoms. The van der Waals surface area contributed by atoms with Crippen LogP contribution in [0.1, 0.15) is 13.8 Å². The van der Waals surface area contributed by atoms with E-state index >= 15 is 0 Å². The number of nitrogens with one attached hydrogen (secondary N) is 1.